The van der Waals surface area contributed by atoms with E-state index >= 15 is 0 Å². The monoisotopic (exact) mass is 309 g/mol. The maximum Gasteiger partial charge on any atom is 0.271 e. The second kappa shape index (κ2) is 6.64. The average Bonchev–Trinajstić information content (AvgIpc) is 2.47. The van der Waals surface area contributed by atoms with Crippen molar-refractivity contribution in [3.05, 3.63) is 34.5 Å². The number of hydrogen-bond acceptors (Lipinski definition) is 6. The second-order valence-electron chi connectivity index (χ2n) is 4.87. The van der Waals surface area contributed by atoms with Gasteiger partial charge in [-0.1, -0.05) is 0 Å². The zero-order valence-corrected chi connectivity index (χ0v) is 12.1. The topological polar surface area (TPSA) is 93.0 Å². The third-order valence-corrected chi connectivity index (χ3v) is 3.39. The van der Waals surface area contributed by atoms with Gasteiger partial charge >= 0.3 is 0 Å². The highest BCUT2D eigenvalue weighted by Crippen LogP contribution is 2.19. The number of halogens is 1. The Hall–Kier alpha value is -1.99. The summed E-state index contributed by atoms with van der Waals surface area (Å²) in [5, 5.41) is 17.4. The number of hydrogen-bond donors (Lipinski definition) is 2. The lowest BCUT2D eigenvalue weighted by Crippen LogP contribution is -2.38. The van der Waals surface area contributed by atoms with Gasteiger partial charge in [-0.05, 0) is 25.5 Å². The largest absolute Gasteiger partial charge is 0.365 e. The smallest absolute Gasteiger partial charge is 0.271 e. The molecule has 1 aliphatic heterocycles. The van der Waals surface area contributed by atoms with Crippen LogP contribution in [0.25, 0.3) is 11.0 Å². The SMILES string of the molecule is Cl.O=[N+]([O-])c1ccc2nc(N[C@H]3CCCNC3)cnc2c1. The van der Waals surface area contributed by atoms with Crippen molar-refractivity contribution in [1.82, 2.24) is 15.3 Å². The molecule has 2 N–H and O–H groups in total. The van der Waals surface area contributed by atoms with E-state index in [-0.39, 0.29) is 18.1 Å². The first-order chi connectivity index (χ1) is 9.72. The van der Waals surface area contributed by atoms with Crippen LogP contribution in [0.4, 0.5) is 11.5 Å². The molecule has 1 fully saturated rings. The van der Waals surface area contributed by atoms with E-state index in [2.05, 4.69) is 20.6 Å². The van der Waals surface area contributed by atoms with E-state index in [1.165, 1.54) is 12.1 Å². The third-order valence-electron chi connectivity index (χ3n) is 3.39. The fourth-order valence-corrected chi connectivity index (χ4v) is 2.37. The van der Waals surface area contributed by atoms with E-state index in [4.69, 9.17) is 0 Å². The van der Waals surface area contributed by atoms with Crippen molar-refractivity contribution in [2.24, 2.45) is 0 Å². The summed E-state index contributed by atoms with van der Waals surface area (Å²) in [5.74, 6) is 0.708. The summed E-state index contributed by atoms with van der Waals surface area (Å²) in [7, 11) is 0. The van der Waals surface area contributed by atoms with E-state index in [1.54, 1.807) is 12.3 Å². The molecule has 1 aromatic carbocycles. The number of nitro groups is 1. The summed E-state index contributed by atoms with van der Waals surface area (Å²) in [6.45, 7) is 1.98. The molecule has 7 nitrogen and oxygen atoms in total. The summed E-state index contributed by atoms with van der Waals surface area (Å²) in [6, 6.07) is 4.87. The average molecular weight is 310 g/mol. The molecule has 112 valence electrons. The number of nitrogens with one attached hydrogen (secondary N) is 2. The summed E-state index contributed by atoms with van der Waals surface area (Å²) in [5.41, 5.74) is 1.22. The van der Waals surface area contributed by atoms with E-state index in [9.17, 15) is 10.1 Å². The van der Waals surface area contributed by atoms with Gasteiger partial charge in [-0.15, -0.1) is 12.4 Å². The normalized spacial score (nSPS) is 18.0. The zero-order chi connectivity index (χ0) is 13.9. The lowest BCUT2D eigenvalue weighted by Gasteiger charge is -2.24. The van der Waals surface area contributed by atoms with Crippen LogP contribution < -0.4 is 10.6 Å². The minimum Gasteiger partial charge on any atom is -0.365 e. The fraction of sp³-hybridized carbons (Fsp3) is 0.385. The Labute approximate surface area is 127 Å². The minimum absolute atomic E-state index is 0. The Bertz CT molecular complexity index is 645. The standard InChI is InChI=1S/C13H15N5O2.ClH/c19-18(20)10-3-4-11-12(6-10)15-8-13(17-11)16-9-2-1-5-14-7-9;/h3-4,6,8-9,14H,1-2,5,7H2,(H,16,17);1H/t9-;/m0./s1. The molecule has 0 unspecified atom stereocenters. The Morgan fingerprint density at radius 1 is 1.38 bits per heavy atom. The highest BCUT2D eigenvalue weighted by molar-refractivity contribution is 5.85. The Balaban J connectivity index is 0.00000161. The number of benzene rings is 1. The first-order valence-corrected chi connectivity index (χ1v) is 6.61. The van der Waals surface area contributed by atoms with Crippen LogP contribution in [0.15, 0.2) is 24.4 Å². The zero-order valence-electron chi connectivity index (χ0n) is 11.3. The number of fused-ring (bicyclic) bond motifs is 1. The highest BCUT2D eigenvalue weighted by Gasteiger charge is 2.14. The number of nitro benzene ring substituents is 1. The molecule has 21 heavy (non-hydrogen) atoms. The van der Waals surface area contributed by atoms with Gasteiger partial charge in [-0.3, -0.25) is 15.1 Å². The summed E-state index contributed by atoms with van der Waals surface area (Å²) < 4.78 is 0. The molecule has 1 saturated heterocycles. The lowest BCUT2D eigenvalue weighted by atomic mass is 10.1. The van der Waals surface area contributed by atoms with Crippen molar-refractivity contribution in [3.8, 4) is 0 Å². The maximum absolute atomic E-state index is 10.7. The molecule has 3 rings (SSSR count). The van der Waals surface area contributed by atoms with Gasteiger partial charge in [0.2, 0.25) is 0 Å². The van der Waals surface area contributed by atoms with Crippen LogP contribution in [0.3, 0.4) is 0 Å². The first kappa shape index (κ1) is 15.4. The van der Waals surface area contributed by atoms with Crippen LogP contribution in [0, 0.1) is 10.1 Å². The van der Waals surface area contributed by atoms with Crippen molar-refractivity contribution in [1.29, 1.82) is 0 Å². The van der Waals surface area contributed by atoms with Crippen LogP contribution in [-0.2, 0) is 0 Å². The maximum atomic E-state index is 10.7. The van der Waals surface area contributed by atoms with E-state index < -0.39 is 4.92 Å². The summed E-state index contributed by atoms with van der Waals surface area (Å²) in [6.07, 6.45) is 3.87. The first-order valence-electron chi connectivity index (χ1n) is 6.61. The number of aromatic nitrogens is 2. The van der Waals surface area contributed by atoms with E-state index in [0.717, 1.165) is 25.9 Å². The molecule has 0 saturated carbocycles. The number of rotatable bonds is 3. The Morgan fingerprint density at radius 3 is 2.95 bits per heavy atom. The van der Waals surface area contributed by atoms with Crippen LogP contribution >= 0.6 is 12.4 Å². The summed E-state index contributed by atoms with van der Waals surface area (Å²) in [4.78, 5) is 19.0. The molecular formula is C13H16ClN5O2. The van der Waals surface area contributed by atoms with Gasteiger partial charge in [0.25, 0.3) is 5.69 Å². The lowest BCUT2D eigenvalue weighted by molar-refractivity contribution is -0.384. The second-order valence-corrected chi connectivity index (χ2v) is 4.87. The van der Waals surface area contributed by atoms with E-state index in [1.807, 2.05) is 0 Å². The van der Waals surface area contributed by atoms with Gasteiger partial charge in [-0.25, -0.2) is 4.98 Å². The molecular weight excluding hydrogens is 294 g/mol. The molecule has 2 aromatic rings. The molecule has 0 radical (unpaired) electrons. The Kier molecular flexibility index (Phi) is 4.87. The van der Waals surface area contributed by atoms with Gasteiger partial charge in [0.15, 0.2) is 0 Å². The van der Waals surface area contributed by atoms with Crippen molar-refractivity contribution in [2.45, 2.75) is 18.9 Å². The van der Waals surface area contributed by atoms with Crippen molar-refractivity contribution < 1.29 is 4.92 Å². The molecule has 8 heteroatoms. The fourth-order valence-electron chi connectivity index (χ4n) is 2.37. The molecule has 0 spiro atoms. The number of anilines is 1. The highest BCUT2D eigenvalue weighted by atomic mass is 35.5. The van der Waals surface area contributed by atoms with Crippen LogP contribution in [0.2, 0.25) is 0 Å². The van der Waals surface area contributed by atoms with Crippen molar-refractivity contribution >= 4 is 34.9 Å². The predicted octanol–water partition coefficient (Wildman–Crippen LogP) is 2.12. The third kappa shape index (κ3) is 3.56. The molecule has 1 aliphatic rings. The van der Waals surface area contributed by atoms with Gasteiger partial charge < -0.3 is 10.6 Å². The van der Waals surface area contributed by atoms with Gasteiger partial charge in [0, 0.05) is 24.7 Å². The van der Waals surface area contributed by atoms with E-state index in [0.29, 0.717) is 22.9 Å². The van der Waals surface area contributed by atoms with Crippen molar-refractivity contribution in [3.63, 3.8) is 0 Å². The van der Waals surface area contributed by atoms with Crippen LogP contribution in [-0.4, -0.2) is 34.0 Å². The number of piperidine rings is 1. The van der Waals surface area contributed by atoms with Crippen molar-refractivity contribution in [2.75, 3.05) is 18.4 Å². The minimum atomic E-state index is -0.430. The number of nitrogens with zero attached hydrogens (tertiary/aromatic N) is 3. The quantitative estimate of drug-likeness (QED) is 0.666. The van der Waals surface area contributed by atoms with Gasteiger partial charge in [0.1, 0.15) is 5.82 Å². The van der Waals surface area contributed by atoms with Gasteiger partial charge in [0.05, 0.1) is 22.2 Å². The van der Waals surface area contributed by atoms with Crippen LogP contribution in [0.5, 0.6) is 0 Å². The summed E-state index contributed by atoms with van der Waals surface area (Å²) >= 11 is 0. The molecule has 0 amide bonds. The predicted molar refractivity (Wildman–Crippen MR) is 83.0 cm³/mol. The molecule has 1 aromatic heterocycles. The number of non-ortho nitro benzene ring substituents is 1. The Morgan fingerprint density at radius 2 is 2.24 bits per heavy atom. The van der Waals surface area contributed by atoms with Gasteiger partial charge in [-0.2, -0.15) is 0 Å². The molecule has 0 bridgehead atoms. The molecule has 2 heterocycles. The molecule has 1 atom stereocenters. The molecule has 0 aliphatic carbocycles. The van der Waals surface area contributed by atoms with Crippen LogP contribution in [0.1, 0.15) is 12.8 Å².